The van der Waals surface area contributed by atoms with Crippen molar-refractivity contribution >= 4 is 46.0 Å². The minimum absolute atomic E-state index is 0.249. The molecule has 3 aromatic carbocycles. The molecule has 0 saturated carbocycles. The standard InChI is InChI=1S/C34H31N5O3S2/c1-22(2)21-42-28-17-15-24(16-18-28)30-25(20-37(35-30)26-11-7-5-8-12-26)19-29-32(40)38(34(43)44-29)31-23(3)36(4)39(33(31)41)27-13-9-6-10-14-27/h5-20,22H,21H2,1-4H3/b29-19+. The first-order valence-corrected chi connectivity index (χ1v) is 15.5. The number of amides is 1. The minimum Gasteiger partial charge on any atom is -0.493 e. The predicted octanol–water partition coefficient (Wildman–Crippen LogP) is 6.78. The SMILES string of the molecule is Cc1c(N2C(=O)/C(=C\c3cn(-c4ccccc4)nc3-c3ccc(OCC(C)C)cc3)SC2=S)c(=O)n(-c2ccccc2)n1C. The number of aromatic nitrogens is 4. The number of carbonyl (C=O) groups is 1. The fourth-order valence-electron chi connectivity index (χ4n) is 5.02. The van der Waals surface area contributed by atoms with Crippen LogP contribution in [-0.4, -0.2) is 36.0 Å². The Labute approximate surface area is 265 Å². The summed E-state index contributed by atoms with van der Waals surface area (Å²) in [4.78, 5) is 29.4. The number of thiocarbonyl (C=S) groups is 1. The third-order valence-corrected chi connectivity index (χ3v) is 8.60. The Bertz CT molecular complexity index is 1940. The average molecular weight is 622 g/mol. The summed E-state index contributed by atoms with van der Waals surface area (Å²) < 4.78 is 11.3. The maximum absolute atomic E-state index is 13.9. The van der Waals surface area contributed by atoms with E-state index in [1.54, 1.807) is 27.2 Å². The summed E-state index contributed by atoms with van der Waals surface area (Å²) in [6, 6.07) is 26.9. The monoisotopic (exact) mass is 621 g/mol. The number of rotatable bonds is 8. The molecule has 0 radical (unpaired) electrons. The molecule has 0 atom stereocenters. The number of nitrogens with zero attached hydrogens (tertiary/aromatic N) is 5. The molecule has 1 amide bonds. The van der Waals surface area contributed by atoms with Gasteiger partial charge in [0.05, 0.1) is 34.3 Å². The zero-order valence-corrected chi connectivity index (χ0v) is 26.4. The molecule has 10 heteroatoms. The van der Waals surface area contributed by atoms with Crippen LogP contribution in [0.5, 0.6) is 5.75 Å². The molecule has 0 bridgehead atoms. The van der Waals surface area contributed by atoms with Gasteiger partial charge in [0.1, 0.15) is 11.4 Å². The summed E-state index contributed by atoms with van der Waals surface area (Å²) in [6.07, 6.45) is 3.70. The summed E-state index contributed by atoms with van der Waals surface area (Å²) in [7, 11) is 1.80. The maximum atomic E-state index is 13.9. The van der Waals surface area contributed by atoms with Crippen LogP contribution in [0.3, 0.4) is 0 Å². The number of benzene rings is 3. The number of anilines is 1. The molecule has 0 unspecified atom stereocenters. The molecule has 1 fully saturated rings. The van der Waals surface area contributed by atoms with Gasteiger partial charge in [-0.2, -0.15) is 5.10 Å². The van der Waals surface area contributed by atoms with E-state index in [0.29, 0.717) is 38.8 Å². The van der Waals surface area contributed by atoms with Gasteiger partial charge in [0.2, 0.25) is 0 Å². The van der Waals surface area contributed by atoms with Crippen molar-refractivity contribution in [2.24, 2.45) is 13.0 Å². The molecular weight excluding hydrogens is 591 g/mol. The lowest BCUT2D eigenvalue weighted by Gasteiger charge is -2.12. The molecule has 1 aliphatic heterocycles. The zero-order chi connectivity index (χ0) is 31.0. The number of para-hydroxylation sites is 2. The van der Waals surface area contributed by atoms with Crippen molar-refractivity contribution in [3.63, 3.8) is 0 Å². The summed E-state index contributed by atoms with van der Waals surface area (Å²) in [5.41, 5.74) is 4.49. The minimum atomic E-state index is -0.346. The molecular formula is C34H31N5O3S2. The zero-order valence-electron chi connectivity index (χ0n) is 24.8. The lowest BCUT2D eigenvalue weighted by Crippen LogP contribution is -2.33. The van der Waals surface area contributed by atoms with Crippen LogP contribution < -0.4 is 15.2 Å². The second-order valence-electron chi connectivity index (χ2n) is 10.9. The van der Waals surface area contributed by atoms with Gasteiger partial charge in [0.25, 0.3) is 11.5 Å². The van der Waals surface area contributed by atoms with Crippen molar-refractivity contribution in [1.82, 2.24) is 19.1 Å². The van der Waals surface area contributed by atoms with E-state index < -0.39 is 0 Å². The van der Waals surface area contributed by atoms with Gasteiger partial charge in [-0.3, -0.25) is 19.2 Å². The summed E-state index contributed by atoms with van der Waals surface area (Å²) in [5.74, 6) is 0.857. The molecule has 1 saturated heterocycles. The molecule has 3 heterocycles. The van der Waals surface area contributed by atoms with Crippen molar-refractivity contribution in [3.8, 4) is 28.4 Å². The Morgan fingerprint density at radius 2 is 1.57 bits per heavy atom. The van der Waals surface area contributed by atoms with Crippen molar-refractivity contribution in [1.29, 1.82) is 0 Å². The smallest absolute Gasteiger partial charge is 0.296 e. The highest BCUT2D eigenvalue weighted by molar-refractivity contribution is 8.27. The van der Waals surface area contributed by atoms with E-state index in [1.807, 2.05) is 98.0 Å². The van der Waals surface area contributed by atoms with E-state index in [0.717, 1.165) is 22.6 Å². The highest BCUT2D eigenvalue weighted by Crippen LogP contribution is 2.38. The molecule has 222 valence electrons. The Morgan fingerprint density at radius 3 is 2.20 bits per heavy atom. The van der Waals surface area contributed by atoms with Gasteiger partial charge in [-0.1, -0.05) is 74.2 Å². The molecule has 0 spiro atoms. The van der Waals surface area contributed by atoms with Gasteiger partial charge in [0, 0.05) is 24.4 Å². The van der Waals surface area contributed by atoms with Crippen LogP contribution in [0.4, 0.5) is 5.69 Å². The second kappa shape index (κ2) is 12.1. The van der Waals surface area contributed by atoms with Crippen LogP contribution in [0.1, 0.15) is 25.1 Å². The number of hydrogen-bond acceptors (Lipinski definition) is 6. The van der Waals surface area contributed by atoms with E-state index >= 15 is 0 Å². The molecule has 6 rings (SSSR count). The van der Waals surface area contributed by atoms with Gasteiger partial charge in [-0.05, 0) is 67.4 Å². The average Bonchev–Trinajstić information content (AvgIpc) is 3.64. The van der Waals surface area contributed by atoms with Crippen molar-refractivity contribution < 1.29 is 9.53 Å². The molecule has 1 aliphatic rings. The number of thioether (sulfide) groups is 1. The molecule has 0 N–H and O–H groups in total. The van der Waals surface area contributed by atoms with E-state index in [2.05, 4.69) is 13.8 Å². The first kappa shape index (κ1) is 29.4. The number of hydrogen-bond donors (Lipinski definition) is 0. The van der Waals surface area contributed by atoms with Crippen LogP contribution in [0, 0.1) is 12.8 Å². The third-order valence-electron chi connectivity index (χ3n) is 7.30. The topological polar surface area (TPSA) is 74.3 Å². The van der Waals surface area contributed by atoms with E-state index in [1.165, 1.54) is 16.7 Å². The fourth-order valence-corrected chi connectivity index (χ4v) is 6.28. The summed E-state index contributed by atoms with van der Waals surface area (Å²) >= 11 is 6.86. The van der Waals surface area contributed by atoms with Gasteiger partial charge in [-0.15, -0.1) is 0 Å². The Hall–Kier alpha value is -4.67. The van der Waals surface area contributed by atoms with Gasteiger partial charge in [0.15, 0.2) is 4.32 Å². The quantitative estimate of drug-likeness (QED) is 0.141. The maximum Gasteiger partial charge on any atom is 0.296 e. The van der Waals surface area contributed by atoms with Crippen molar-refractivity contribution in [3.05, 3.63) is 118 Å². The van der Waals surface area contributed by atoms with E-state index in [9.17, 15) is 9.59 Å². The third kappa shape index (κ3) is 5.54. The highest BCUT2D eigenvalue weighted by atomic mass is 32.2. The first-order valence-electron chi connectivity index (χ1n) is 14.2. The number of carbonyl (C=O) groups excluding carboxylic acids is 1. The Balaban J connectivity index is 1.39. The molecule has 44 heavy (non-hydrogen) atoms. The molecule has 0 aliphatic carbocycles. The lowest BCUT2D eigenvalue weighted by atomic mass is 10.1. The van der Waals surface area contributed by atoms with Gasteiger partial charge >= 0.3 is 0 Å². The first-order chi connectivity index (χ1) is 21.2. The summed E-state index contributed by atoms with van der Waals surface area (Å²) in [5, 5.41) is 4.90. The fraction of sp³-hybridized carbons (Fsp3) is 0.176. The lowest BCUT2D eigenvalue weighted by molar-refractivity contribution is -0.113. The Morgan fingerprint density at radius 1 is 0.932 bits per heavy atom. The largest absolute Gasteiger partial charge is 0.493 e. The summed E-state index contributed by atoms with van der Waals surface area (Å²) in [6.45, 7) is 6.66. The predicted molar refractivity (Wildman–Crippen MR) is 181 cm³/mol. The van der Waals surface area contributed by atoms with Gasteiger partial charge in [-0.25, -0.2) is 9.36 Å². The van der Waals surface area contributed by atoms with Crippen molar-refractivity contribution in [2.75, 3.05) is 11.5 Å². The van der Waals surface area contributed by atoms with Crippen LogP contribution >= 0.6 is 24.0 Å². The Kier molecular flexibility index (Phi) is 8.11. The van der Waals surface area contributed by atoms with Crippen LogP contribution in [0.2, 0.25) is 0 Å². The molecule has 8 nitrogen and oxygen atoms in total. The van der Waals surface area contributed by atoms with Crippen LogP contribution in [-0.2, 0) is 11.8 Å². The van der Waals surface area contributed by atoms with Crippen LogP contribution in [0.25, 0.3) is 28.7 Å². The van der Waals surface area contributed by atoms with Crippen LogP contribution in [0.15, 0.2) is 101 Å². The van der Waals surface area contributed by atoms with E-state index in [-0.39, 0.29) is 17.2 Å². The normalized spacial score (nSPS) is 14.3. The second-order valence-corrected chi connectivity index (χ2v) is 12.5. The highest BCUT2D eigenvalue weighted by Gasteiger charge is 2.38. The molecule has 2 aromatic heterocycles. The van der Waals surface area contributed by atoms with E-state index in [4.69, 9.17) is 22.1 Å². The molecule has 5 aromatic rings. The van der Waals surface area contributed by atoms with Gasteiger partial charge < -0.3 is 4.74 Å². The number of ether oxygens (including phenoxy) is 1. The van der Waals surface area contributed by atoms with Crippen molar-refractivity contribution in [2.45, 2.75) is 20.8 Å².